The smallest absolute Gasteiger partial charge is 0.0583 e. The highest BCUT2D eigenvalue weighted by Crippen LogP contribution is 2.32. The average Bonchev–Trinajstić information content (AvgIpc) is 2.20. The molecule has 0 saturated carbocycles. The summed E-state index contributed by atoms with van der Waals surface area (Å²) >= 11 is 0. The summed E-state index contributed by atoms with van der Waals surface area (Å²) in [4.78, 5) is 0. The van der Waals surface area contributed by atoms with Crippen molar-refractivity contribution >= 4 is 11.4 Å². The summed E-state index contributed by atoms with van der Waals surface area (Å²) in [5.74, 6) is 0.508. The van der Waals surface area contributed by atoms with Crippen LogP contribution in [0.25, 0.3) is 0 Å². The van der Waals surface area contributed by atoms with Crippen molar-refractivity contribution in [2.45, 2.75) is 46.5 Å². The summed E-state index contributed by atoms with van der Waals surface area (Å²) in [6, 6.07) is 2.04. The standard InChI is InChI=1S/C13H22N2/c1-5-9-10(6-2)13(15)12(14)7-11(9)8(3)4/h7-8H,5-6,14-15H2,1-4H3. The lowest BCUT2D eigenvalue weighted by Crippen LogP contribution is -2.07. The second-order valence-corrected chi connectivity index (χ2v) is 4.29. The molecule has 0 aliphatic rings. The topological polar surface area (TPSA) is 52.0 Å². The van der Waals surface area contributed by atoms with Gasteiger partial charge in [-0.15, -0.1) is 0 Å². The molecule has 0 atom stereocenters. The van der Waals surface area contributed by atoms with E-state index in [1.54, 1.807) is 0 Å². The number of hydrogen-bond donors (Lipinski definition) is 2. The van der Waals surface area contributed by atoms with Gasteiger partial charge in [0.2, 0.25) is 0 Å². The van der Waals surface area contributed by atoms with Gasteiger partial charge in [-0.1, -0.05) is 27.7 Å². The molecule has 0 spiro atoms. The Morgan fingerprint density at radius 1 is 1.07 bits per heavy atom. The maximum Gasteiger partial charge on any atom is 0.0583 e. The Hall–Kier alpha value is -1.18. The molecule has 0 saturated heterocycles. The normalized spacial score (nSPS) is 11.0. The first-order valence-corrected chi connectivity index (χ1v) is 5.72. The van der Waals surface area contributed by atoms with Crippen LogP contribution in [-0.2, 0) is 12.8 Å². The minimum Gasteiger partial charge on any atom is -0.397 e. The van der Waals surface area contributed by atoms with E-state index in [0.717, 1.165) is 24.2 Å². The van der Waals surface area contributed by atoms with Crippen LogP contribution in [0.4, 0.5) is 11.4 Å². The molecule has 2 heteroatoms. The Kier molecular flexibility index (Phi) is 3.61. The highest BCUT2D eigenvalue weighted by atomic mass is 14.7. The average molecular weight is 206 g/mol. The van der Waals surface area contributed by atoms with E-state index in [-0.39, 0.29) is 0 Å². The third-order valence-corrected chi connectivity index (χ3v) is 2.99. The van der Waals surface area contributed by atoms with Gasteiger partial charge >= 0.3 is 0 Å². The molecule has 0 heterocycles. The summed E-state index contributed by atoms with van der Waals surface area (Å²) in [7, 11) is 0. The molecule has 0 aliphatic heterocycles. The van der Waals surface area contributed by atoms with Crippen molar-refractivity contribution in [2.75, 3.05) is 11.5 Å². The summed E-state index contributed by atoms with van der Waals surface area (Å²) in [5, 5.41) is 0. The van der Waals surface area contributed by atoms with Crippen LogP contribution in [0.5, 0.6) is 0 Å². The molecule has 0 aromatic heterocycles. The Morgan fingerprint density at radius 2 is 1.60 bits per heavy atom. The van der Waals surface area contributed by atoms with Crippen molar-refractivity contribution in [1.82, 2.24) is 0 Å². The molecule has 2 nitrogen and oxygen atoms in total. The molecular weight excluding hydrogens is 184 g/mol. The number of nitrogen functional groups attached to an aromatic ring is 2. The molecule has 4 N–H and O–H groups in total. The Labute approximate surface area is 92.7 Å². The highest BCUT2D eigenvalue weighted by molar-refractivity contribution is 5.71. The van der Waals surface area contributed by atoms with Gasteiger partial charge in [0.15, 0.2) is 0 Å². The van der Waals surface area contributed by atoms with Crippen molar-refractivity contribution in [3.05, 3.63) is 22.8 Å². The molecule has 0 fully saturated rings. The molecule has 15 heavy (non-hydrogen) atoms. The SMILES string of the molecule is CCc1c(C(C)C)cc(N)c(N)c1CC. The third kappa shape index (κ3) is 2.09. The molecular formula is C13H22N2. The zero-order chi connectivity index (χ0) is 11.6. The number of nitrogens with two attached hydrogens (primary N) is 2. The van der Waals surface area contributed by atoms with Gasteiger partial charge in [0, 0.05) is 0 Å². The maximum atomic E-state index is 6.01. The van der Waals surface area contributed by atoms with Crippen molar-refractivity contribution < 1.29 is 0 Å². The van der Waals surface area contributed by atoms with E-state index in [1.807, 2.05) is 6.07 Å². The fraction of sp³-hybridized carbons (Fsp3) is 0.538. The first-order chi connectivity index (χ1) is 7.02. The van der Waals surface area contributed by atoms with E-state index in [1.165, 1.54) is 16.7 Å². The quantitative estimate of drug-likeness (QED) is 0.747. The van der Waals surface area contributed by atoms with Gasteiger partial charge in [0.05, 0.1) is 11.4 Å². The Bertz CT molecular complexity index is 354. The van der Waals surface area contributed by atoms with Crippen molar-refractivity contribution in [1.29, 1.82) is 0 Å². The van der Waals surface area contributed by atoms with Crippen molar-refractivity contribution in [2.24, 2.45) is 0 Å². The summed E-state index contributed by atoms with van der Waals surface area (Å²) < 4.78 is 0. The fourth-order valence-corrected chi connectivity index (χ4v) is 2.18. The van der Waals surface area contributed by atoms with Gasteiger partial charge in [-0.05, 0) is 41.5 Å². The first kappa shape index (κ1) is 11.9. The molecule has 0 aliphatic carbocycles. The van der Waals surface area contributed by atoms with E-state index in [0.29, 0.717) is 5.92 Å². The van der Waals surface area contributed by atoms with E-state index in [2.05, 4.69) is 27.7 Å². The van der Waals surface area contributed by atoms with Crippen LogP contribution < -0.4 is 11.5 Å². The number of anilines is 2. The van der Waals surface area contributed by atoms with E-state index in [4.69, 9.17) is 11.5 Å². The lowest BCUT2D eigenvalue weighted by atomic mass is 9.89. The van der Waals surface area contributed by atoms with Gasteiger partial charge < -0.3 is 11.5 Å². The van der Waals surface area contributed by atoms with Gasteiger partial charge in [0.1, 0.15) is 0 Å². The summed E-state index contributed by atoms with van der Waals surface area (Å²) in [6.45, 7) is 8.71. The second-order valence-electron chi connectivity index (χ2n) is 4.29. The van der Waals surface area contributed by atoms with Gasteiger partial charge in [-0.3, -0.25) is 0 Å². The van der Waals surface area contributed by atoms with Crippen LogP contribution in [0, 0.1) is 0 Å². The molecule has 1 aromatic rings. The number of hydrogen-bond acceptors (Lipinski definition) is 2. The lowest BCUT2D eigenvalue weighted by Gasteiger charge is -2.19. The molecule has 0 unspecified atom stereocenters. The minimum atomic E-state index is 0.508. The predicted molar refractivity (Wildman–Crippen MR) is 68.1 cm³/mol. The fourth-order valence-electron chi connectivity index (χ4n) is 2.18. The highest BCUT2D eigenvalue weighted by Gasteiger charge is 2.14. The zero-order valence-corrected chi connectivity index (χ0v) is 10.2. The molecule has 84 valence electrons. The van der Waals surface area contributed by atoms with Crippen LogP contribution in [0.15, 0.2) is 6.07 Å². The Balaban J connectivity index is 3.47. The van der Waals surface area contributed by atoms with Crippen LogP contribution in [-0.4, -0.2) is 0 Å². The second kappa shape index (κ2) is 4.56. The molecule has 1 rings (SSSR count). The largest absolute Gasteiger partial charge is 0.397 e. The molecule has 0 radical (unpaired) electrons. The molecule has 0 amide bonds. The minimum absolute atomic E-state index is 0.508. The number of benzene rings is 1. The Morgan fingerprint density at radius 3 is 2.00 bits per heavy atom. The maximum absolute atomic E-state index is 6.01. The van der Waals surface area contributed by atoms with Gasteiger partial charge in [-0.2, -0.15) is 0 Å². The van der Waals surface area contributed by atoms with Crippen LogP contribution in [0.2, 0.25) is 0 Å². The van der Waals surface area contributed by atoms with E-state index < -0.39 is 0 Å². The monoisotopic (exact) mass is 206 g/mol. The van der Waals surface area contributed by atoms with Crippen LogP contribution in [0.3, 0.4) is 0 Å². The molecule has 0 bridgehead atoms. The third-order valence-electron chi connectivity index (χ3n) is 2.99. The number of rotatable bonds is 3. The van der Waals surface area contributed by atoms with Gasteiger partial charge in [-0.25, -0.2) is 0 Å². The van der Waals surface area contributed by atoms with Gasteiger partial charge in [0.25, 0.3) is 0 Å². The summed E-state index contributed by atoms with van der Waals surface area (Å²) in [6.07, 6.45) is 1.99. The summed E-state index contributed by atoms with van der Waals surface area (Å²) in [5.41, 5.74) is 17.4. The molecule has 1 aromatic carbocycles. The van der Waals surface area contributed by atoms with E-state index in [9.17, 15) is 0 Å². The van der Waals surface area contributed by atoms with Crippen molar-refractivity contribution in [3.8, 4) is 0 Å². The van der Waals surface area contributed by atoms with Crippen LogP contribution in [0.1, 0.15) is 50.3 Å². The van der Waals surface area contributed by atoms with Crippen molar-refractivity contribution in [3.63, 3.8) is 0 Å². The first-order valence-electron chi connectivity index (χ1n) is 5.72. The predicted octanol–water partition coefficient (Wildman–Crippen LogP) is 3.10. The lowest BCUT2D eigenvalue weighted by molar-refractivity contribution is 0.837. The van der Waals surface area contributed by atoms with Crippen LogP contribution >= 0.6 is 0 Å². The zero-order valence-electron chi connectivity index (χ0n) is 10.2. The van der Waals surface area contributed by atoms with E-state index >= 15 is 0 Å².